The van der Waals surface area contributed by atoms with Gasteiger partial charge < -0.3 is 0 Å². The summed E-state index contributed by atoms with van der Waals surface area (Å²) in [5.74, 6) is 0. The minimum Gasteiger partial charge on any atom is -0.264 e. The predicted molar refractivity (Wildman–Crippen MR) is 65.7 cm³/mol. The van der Waals surface area contributed by atoms with Crippen LogP contribution >= 0.6 is 22.9 Å². The summed E-state index contributed by atoms with van der Waals surface area (Å²) in [6, 6.07) is 5.78. The van der Waals surface area contributed by atoms with E-state index in [-0.39, 0.29) is 5.28 Å². The van der Waals surface area contributed by atoms with E-state index in [1.54, 1.807) is 23.7 Å². The first kappa shape index (κ1) is 9.69. The fourth-order valence-electron chi connectivity index (χ4n) is 1.53. The second-order valence-corrected chi connectivity index (χ2v) is 4.47. The van der Waals surface area contributed by atoms with E-state index in [0.717, 1.165) is 21.5 Å². The van der Waals surface area contributed by atoms with E-state index in [4.69, 9.17) is 11.6 Å². The lowest BCUT2D eigenvalue weighted by molar-refractivity contribution is 1.22. The minimum absolute atomic E-state index is 0.268. The third kappa shape index (κ3) is 1.56. The Hall–Kier alpha value is -1.52. The van der Waals surface area contributed by atoms with Crippen molar-refractivity contribution in [2.24, 2.45) is 0 Å². The zero-order valence-corrected chi connectivity index (χ0v) is 9.66. The molecule has 3 nitrogen and oxygen atoms in total. The average molecular weight is 248 g/mol. The number of halogens is 1. The highest BCUT2D eigenvalue weighted by molar-refractivity contribution is 7.17. The molecular weight excluding hydrogens is 242 g/mol. The molecule has 0 N–H and O–H groups in total. The van der Waals surface area contributed by atoms with Crippen LogP contribution in [0.15, 0.2) is 36.0 Å². The Kier molecular flexibility index (Phi) is 2.31. The lowest BCUT2D eigenvalue weighted by Crippen LogP contribution is -1.88. The normalized spacial score (nSPS) is 10.8. The van der Waals surface area contributed by atoms with Crippen molar-refractivity contribution < 1.29 is 0 Å². The first-order chi connectivity index (χ1) is 7.84. The van der Waals surface area contributed by atoms with Gasteiger partial charge in [-0.1, -0.05) is 0 Å². The molecular formula is C11H6ClN3S. The third-order valence-electron chi connectivity index (χ3n) is 2.21. The molecule has 78 valence electrons. The molecule has 0 aliphatic carbocycles. The van der Waals surface area contributed by atoms with E-state index in [1.165, 1.54) is 0 Å². The van der Waals surface area contributed by atoms with Gasteiger partial charge in [-0.25, -0.2) is 9.97 Å². The van der Waals surface area contributed by atoms with Gasteiger partial charge in [0.2, 0.25) is 5.28 Å². The van der Waals surface area contributed by atoms with Crippen LogP contribution in [0.5, 0.6) is 0 Å². The van der Waals surface area contributed by atoms with Crippen molar-refractivity contribution in [3.8, 4) is 11.3 Å². The lowest BCUT2D eigenvalue weighted by atomic mass is 10.2. The van der Waals surface area contributed by atoms with Crippen molar-refractivity contribution in [1.82, 2.24) is 15.0 Å². The van der Waals surface area contributed by atoms with Crippen molar-refractivity contribution in [2.75, 3.05) is 0 Å². The van der Waals surface area contributed by atoms with Gasteiger partial charge in [-0.15, -0.1) is 11.3 Å². The van der Waals surface area contributed by atoms with Crippen molar-refractivity contribution >= 4 is 33.2 Å². The lowest BCUT2D eigenvalue weighted by Gasteiger charge is -2.01. The molecule has 0 fully saturated rings. The maximum Gasteiger partial charge on any atom is 0.223 e. The summed E-state index contributed by atoms with van der Waals surface area (Å²) >= 11 is 7.50. The van der Waals surface area contributed by atoms with Gasteiger partial charge in [-0.3, -0.25) is 4.98 Å². The van der Waals surface area contributed by atoms with Gasteiger partial charge >= 0.3 is 0 Å². The number of pyridine rings is 1. The quantitative estimate of drug-likeness (QED) is 0.619. The molecule has 0 amide bonds. The highest BCUT2D eigenvalue weighted by atomic mass is 35.5. The number of fused-ring (bicyclic) bond motifs is 1. The number of nitrogens with zero attached hydrogens (tertiary/aromatic N) is 3. The van der Waals surface area contributed by atoms with Crippen molar-refractivity contribution in [3.63, 3.8) is 0 Å². The molecule has 0 unspecified atom stereocenters. The third-order valence-corrected chi connectivity index (χ3v) is 3.29. The summed E-state index contributed by atoms with van der Waals surface area (Å²) in [5, 5.41) is 2.25. The highest BCUT2D eigenvalue weighted by Crippen LogP contribution is 2.30. The monoisotopic (exact) mass is 247 g/mol. The molecule has 0 aromatic carbocycles. The van der Waals surface area contributed by atoms with Gasteiger partial charge in [-0.05, 0) is 35.2 Å². The zero-order chi connectivity index (χ0) is 11.0. The van der Waals surface area contributed by atoms with E-state index >= 15 is 0 Å². The molecule has 0 bridgehead atoms. The Morgan fingerprint density at radius 1 is 1.19 bits per heavy atom. The van der Waals surface area contributed by atoms with Crippen molar-refractivity contribution in [2.45, 2.75) is 0 Å². The van der Waals surface area contributed by atoms with Crippen LogP contribution < -0.4 is 0 Å². The average Bonchev–Trinajstić information content (AvgIpc) is 2.77. The second-order valence-electron chi connectivity index (χ2n) is 3.22. The maximum atomic E-state index is 5.89. The number of hydrogen-bond acceptors (Lipinski definition) is 4. The molecule has 3 heterocycles. The van der Waals surface area contributed by atoms with Crippen LogP contribution in [-0.4, -0.2) is 15.0 Å². The number of hydrogen-bond donors (Lipinski definition) is 0. The van der Waals surface area contributed by atoms with Crippen LogP contribution in [0.2, 0.25) is 5.28 Å². The minimum atomic E-state index is 0.268. The topological polar surface area (TPSA) is 38.7 Å². The van der Waals surface area contributed by atoms with Crippen LogP contribution in [0.4, 0.5) is 0 Å². The first-order valence-corrected chi connectivity index (χ1v) is 5.91. The molecule has 0 spiro atoms. The van der Waals surface area contributed by atoms with Gasteiger partial charge in [-0.2, -0.15) is 0 Å². The molecule has 0 saturated heterocycles. The maximum absolute atomic E-state index is 5.89. The molecule has 0 aliphatic heterocycles. The molecule has 0 saturated carbocycles. The van der Waals surface area contributed by atoms with Crippen molar-refractivity contribution in [1.29, 1.82) is 0 Å². The molecule has 3 aromatic rings. The molecule has 3 aromatic heterocycles. The molecule has 0 radical (unpaired) electrons. The molecule has 0 aliphatic rings. The predicted octanol–water partition coefficient (Wildman–Crippen LogP) is 3.41. The SMILES string of the molecule is Clc1nc(-c2cccnc2)c2sccc2n1. The fraction of sp³-hybridized carbons (Fsp3) is 0. The fourth-order valence-corrected chi connectivity index (χ4v) is 2.55. The van der Waals surface area contributed by atoms with Crippen LogP contribution in [0.3, 0.4) is 0 Å². The van der Waals surface area contributed by atoms with Crippen LogP contribution in [-0.2, 0) is 0 Å². The summed E-state index contributed by atoms with van der Waals surface area (Å²) in [7, 11) is 0. The first-order valence-electron chi connectivity index (χ1n) is 4.66. The van der Waals surface area contributed by atoms with E-state index in [9.17, 15) is 0 Å². The van der Waals surface area contributed by atoms with E-state index in [1.807, 2.05) is 23.6 Å². The smallest absolute Gasteiger partial charge is 0.223 e. The Labute approximate surface area is 101 Å². The molecule has 16 heavy (non-hydrogen) atoms. The van der Waals surface area contributed by atoms with Crippen molar-refractivity contribution in [3.05, 3.63) is 41.3 Å². The van der Waals surface area contributed by atoms with Gasteiger partial charge in [0.25, 0.3) is 0 Å². The van der Waals surface area contributed by atoms with Crippen LogP contribution in [0, 0.1) is 0 Å². The summed E-state index contributed by atoms with van der Waals surface area (Å²) in [6.07, 6.45) is 3.51. The van der Waals surface area contributed by atoms with Gasteiger partial charge in [0, 0.05) is 18.0 Å². The van der Waals surface area contributed by atoms with Gasteiger partial charge in [0.15, 0.2) is 0 Å². The summed E-state index contributed by atoms with van der Waals surface area (Å²) in [4.78, 5) is 12.5. The molecule has 0 atom stereocenters. The number of rotatable bonds is 1. The Morgan fingerprint density at radius 2 is 2.12 bits per heavy atom. The summed E-state index contributed by atoms with van der Waals surface area (Å²) in [5.41, 5.74) is 2.68. The molecule has 5 heteroatoms. The Balaban J connectivity index is 2.34. The van der Waals surface area contributed by atoms with Crippen LogP contribution in [0.1, 0.15) is 0 Å². The van der Waals surface area contributed by atoms with E-state index < -0.39 is 0 Å². The van der Waals surface area contributed by atoms with Crippen LogP contribution in [0.25, 0.3) is 21.5 Å². The largest absolute Gasteiger partial charge is 0.264 e. The number of thiophene rings is 1. The Morgan fingerprint density at radius 3 is 2.94 bits per heavy atom. The Bertz CT molecular complexity index is 636. The van der Waals surface area contributed by atoms with E-state index in [0.29, 0.717) is 0 Å². The standard InChI is InChI=1S/C11H6ClN3S/c12-11-14-8-3-5-16-10(8)9(15-11)7-2-1-4-13-6-7/h1-6H. The second kappa shape index (κ2) is 3.81. The summed E-state index contributed by atoms with van der Waals surface area (Å²) in [6.45, 7) is 0. The van der Waals surface area contributed by atoms with Gasteiger partial charge in [0.05, 0.1) is 15.9 Å². The number of aromatic nitrogens is 3. The zero-order valence-electron chi connectivity index (χ0n) is 8.09. The van der Waals surface area contributed by atoms with E-state index in [2.05, 4.69) is 15.0 Å². The highest BCUT2D eigenvalue weighted by Gasteiger charge is 2.09. The molecule has 3 rings (SSSR count). The van der Waals surface area contributed by atoms with Gasteiger partial charge in [0.1, 0.15) is 0 Å². The summed E-state index contributed by atoms with van der Waals surface area (Å²) < 4.78 is 1.04.